The van der Waals surface area contributed by atoms with E-state index in [9.17, 15) is 0 Å². The third-order valence-electron chi connectivity index (χ3n) is 2.37. The molecule has 0 radical (unpaired) electrons. The molecule has 0 unspecified atom stereocenters. The molecule has 102 valence electrons. The van der Waals surface area contributed by atoms with Crippen LogP contribution in [0.25, 0.3) is 0 Å². The number of aryl methyl sites for hydroxylation is 1. The molecule has 0 amide bonds. The van der Waals surface area contributed by atoms with Crippen LogP contribution in [0.1, 0.15) is 5.82 Å². The number of hydrogen-bond acceptors (Lipinski definition) is 9. The van der Waals surface area contributed by atoms with Crippen molar-refractivity contribution in [1.82, 2.24) is 29.7 Å². The molecule has 0 aliphatic rings. The van der Waals surface area contributed by atoms with Gasteiger partial charge in [-0.3, -0.25) is 5.43 Å². The second kappa shape index (κ2) is 5.36. The van der Waals surface area contributed by atoms with Crippen molar-refractivity contribution in [3.8, 4) is 0 Å². The minimum absolute atomic E-state index is 0.306. The van der Waals surface area contributed by atoms with Crippen molar-refractivity contribution < 1.29 is 0 Å². The van der Waals surface area contributed by atoms with Crippen LogP contribution in [-0.4, -0.2) is 43.8 Å². The van der Waals surface area contributed by atoms with Gasteiger partial charge >= 0.3 is 0 Å². The zero-order valence-corrected chi connectivity index (χ0v) is 11.9. The Hall–Kier alpha value is -1.94. The number of hydrogen-bond donors (Lipinski definition) is 2. The summed E-state index contributed by atoms with van der Waals surface area (Å²) in [5, 5.41) is 9.24. The molecular weight excluding hydrogens is 266 g/mol. The molecule has 19 heavy (non-hydrogen) atoms. The summed E-state index contributed by atoms with van der Waals surface area (Å²) in [4.78, 5) is 14.4. The van der Waals surface area contributed by atoms with Gasteiger partial charge in [-0.05, 0) is 18.7 Å². The Labute approximate surface area is 114 Å². The van der Waals surface area contributed by atoms with Crippen LogP contribution in [0.15, 0.2) is 10.3 Å². The Morgan fingerprint density at radius 3 is 2.47 bits per heavy atom. The van der Waals surface area contributed by atoms with Gasteiger partial charge in [-0.15, -0.1) is 10.2 Å². The number of aromatic nitrogens is 6. The number of rotatable bonds is 4. The zero-order valence-electron chi connectivity index (χ0n) is 11.1. The Kier molecular flexibility index (Phi) is 3.81. The van der Waals surface area contributed by atoms with E-state index in [1.165, 1.54) is 11.8 Å². The summed E-state index contributed by atoms with van der Waals surface area (Å²) in [7, 11) is 5.57. The average Bonchev–Trinajstić information content (AvgIpc) is 2.70. The highest BCUT2D eigenvalue weighted by molar-refractivity contribution is 7.99. The van der Waals surface area contributed by atoms with Crippen molar-refractivity contribution in [1.29, 1.82) is 0 Å². The molecule has 3 N–H and O–H groups in total. The molecule has 9 nitrogen and oxygen atoms in total. The lowest BCUT2D eigenvalue weighted by atomic mass is 10.7. The highest BCUT2D eigenvalue weighted by atomic mass is 32.2. The van der Waals surface area contributed by atoms with Crippen molar-refractivity contribution in [2.24, 2.45) is 12.9 Å². The van der Waals surface area contributed by atoms with Crippen LogP contribution in [0.5, 0.6) is 0 Å². The molecule has 10 heteroatoms. The summed E-state index contributed by atoms with van der Waals surface area (Å²) >= 11 is 1.30. The highest BCUT2D eigenvalue weighted by Gasteiger charge is 2.12. The molecule has 0 bridgehead atoms. The second-order valence-electron chi connectivity index (χ2n) is 3.97. The lowest BCUT2D eigenvalue weighted by Gasteiger charge is -2.11. The van der Waals surface area contributed by atoms with Gasteiger partial charge in [0.1, 0.15) is 5.82 Å². The van der Waals surface area contributed by atoms with Crippen LogP contribution >= 0.6 is 11.8 Å². The molecule has 2 aromatic heterocycles. The predicted molar refractivity (Wildman–Crippen MR) is 71.8 cm³/mol. The smallest absolute Gasteiger partial charge is 0.242 e. The molecule has 0 atom stereocenters. The van der Waals surface area contributed by atoms with Gasteiger partial charge < -0.3 is 9.47 Å². The number of nitrogens with one attached hydrogen (secondary N) is 1. The van der Waals surface area contributed by atoms with E-state index >= 15 is 0 Å². The third-order valence-corrected chi connectivity index (χ3v) is 3.27. The van der Waals surface area contributed by atoms with Crippen molar-refractivity contribution in [2.45, 2.75) is 17.2 Å². The lowest BCUT2D eigenvalue weighted by molar-refractivity contribution is 0.760. The quantitative estimate of drug-likeness (QED) is 0.581. The molecule has 0 fully saturated rings. The minimum Gasteiger partial charge on any atom is -0.347 e. The van der Waals surface area contributed by atoms with E-state index in [0.717, 1.165) is 5.82 Å². The normalized spacial score (nSPS) is 10.6. The average molecular weight is 281 g/mol. The van der Waals surface area contributed by atoms with Gasteiger partial charge in [0, 0.05) is 21.1 Å². The van der Waals surface area contributed by atoms with Gasteiger partial charge in [0.25, 0.3) is 0 Å². The van der Waals surface area contributed by atoms with Gasteiger partial charge in [0.05, 0.1) is 0 Å². The monoisotopic (exact) mass is 281 g/mol. The summed E-state index contributed by atoms with van der Waals surface area (Å²) in [6.45, 7) is 1.88. The van der Waals surface area contributed by atoms with E-state index in [-0.39, 0.29) is 0 Å². The summed E-state index contributed by atoms with van der Waals surface area (Å²) in [6, 6.07) is 0. The fourth-order valence-corrected chi connectivity index (χ4v) is 1.99. The first-order chi connectivity index (χ1) is 9.01. The SMILES string of the molecule is Cc1nnc(Sc2nc(NN)nc(N(C)C)n2)n1C. The molecule has 0 spiro atoms. The molecule has 0 aromatic carbocycles. The van der Waals surface area contributed by atoms with Crippen molar-refractivity contribution in [3.05, 3.63) is 5.82 Å². The maximum absolute atomic E-state index is 5.35. The van der Waals surface area contributed by atoms with E-state index in [1.807, 2.05) is 32.6 Å². The number of nitrogens with zero attached hydrogens (tertiary/aromatic N) is 7. The van der Waals surface area contributed by atoms with E-state index in [0.29, 0.717) is 22.2 Å². The first-order valence-corrected chi connectivity index (χ1v) is 6.26. The van der Waals surface area contributed by atoms with Gasteiger partial charge in [-0.25, -0.2) is 5.84 Å². The number of anilines is 2. The predicted octanol–water partition coefficient (Wildman–Crippen LogP) is -0.189. The number of nitrogens with two attached hydrogens (primary N) is 1. The second-order valence-corrected chi connectivity index (χ2v) is 4.91. The number of nitrogen functional groups attached to an aromatic ring is 1. The van der Waals surface area contributed by atoms with Gasteiger partial charge in [0.15, 0.2) is 5.16 Å². The van der Waals surface area contributed by atoms with E-state index in [4.69, 9.17) is 5.84 Å². The van der Waals surface area contributed by atoms with E-state index < -0.39 is 0 Å². The highest BCUT2D eigenvalue weighted by Crippen LogP contribution is 2.24. The van der Waals surface area contributed by atoms with Crippen LogP contribution in [0.3, 0.4) is 0 Å². The molecule has 0 saturated carbocycles. The van der Waals surface area contributed by atoms with Crippen molar-refractivity contribution >= 4 is 23.7 Å². The molecule has 2 heterocycles. The zero-order chi connectivity index (χ0) is 14.0. The van der Waals surface area contributed by atoms with Crippen LogP contribution in [0.4, 0.5) is 11.9 Å². The Bertz CT molecular complexity index is 579. The molecule has 2 aromatic rings. The molecule has 0 aliphatic carbocycles. The molecule has 2 rings (SSSR count). The topological polar surface area (TPSA) is 111 Å². The maximum Gasteiger partial charge on any atom is 0.242 e. The summed E-state index contributed by atoms with van der Waals surface area (Å²) in [6.07, 6.45) is 0. The Morgan fingerprint density at radius 2 is 1.95 bits per heavy atom. The van der Waals surface area contributed by atoms with Crippen LogP contribution in [0.2, 0.25) is 0 Å². The Morgan fingerprint density at radius 1 is 1.21 bits per heavy atom. The largest absolute Gasteiger partial charge is 0.347 e. The fourth-order valence-electron chi connectivity index (χ4n) is 1.21. The fraction of sp³-hybridized carbons (Fsp3) is 0.444. The van der Waals surface area contributed by atoms with Gasteiger partial charge in [-0.1, -0.05) is 0 Å². The molecular formula is C9H15N9S. The first kappa shape index (κ1) is 13.5. The van der Waals surface area contributed by atoms with Crippen molar-refractivity contribution in [3.63, 3.8) is 0 Å². The Balaban J connectivity index is 2.34. The first-order valence-electron chi connectivity index (χ1n) is 5.45. The van der Waals surface area contributed by atoms with E-state index in [2.05, 4.69) is 30.6 Å². The third kappa shape index (κ3) is 2.90. The van der Waals surface area contributed by atoms with Crippen LogP contribution < -0.4 is 16.2 Å². The van der Waals surface area contributed by atoms with Crippen LogP contribution in [0, 0.1) is 6.92 Å². The lowest BCUT2D eigenvalue weighted by Crippen LogP contribution is -2.17. The molecule has 0 aliphatic heterocycles. The summed E-state index contributed by atoms with van der Waals surface area (Å²) in [5.41, 5.74) is 2.42. The van der Waals surface area contributed by atoms with Crippen LogP contribution in [-0.2, 0) is 7.05 Å². The minimum atomic E-state index is 0.306. The maximum atomic E-state index is 5.35. The summed E-state index contributed by atoms with van der Waals surface area (Å²) in [5.74, 6) is 7.00. The number of hydrazine groups is 1. The van der Waals surface area contributed by atoms with Gasteiger partial charge in [0.2, 0.25) is 17.1 Å². The standard InChI is InChI=1S/C9H15N9S/c1-5-15-16-9(18(5)4)19-8-12-6(14-10)11-7(13-8)17(2)3/h10H2,1-4H3,(H,11,12,13,14). The molecule has 0 saturated heterocycles. The van der Waals surface area contributed by atoms with E-state index in [1.54, 1.807) is 4.90 Å². The van der Waals surface area contributed by atoms with Crippen molar-refractivity contribution in [2.75, 3.05) is 24.4 Å². The summed E-state index contributed by atoms with van der Waals surface area (Å²) < 4.78 is 1.86. The van der Waals surface area contributed by atoms with Gasteiger partial charge in [-0.2, -0.15) is 15.0 Å².